The maximum Gasteiger partial charge on any atom is 0.239 e. The van der Waals surface area contributed by atoms with Crippen molar-refractivity contribution >= 4 is 34.1 Å². The molecule has 1 aliphatic heterocycles. The van der Waals surface area contributed by atoms with Crippen molar-refractivity contribution in [3.05, 3.63) is 65.3 Å². The normalized spacial score (nSPS) is 15.6. The number of nitrogens with two attached hydrogens (primary N) is 1. The highest BCUT2D eigenvalue weighted by Crippen LogP contribution is 2.25. The summed E-state index contributed by atoms with van der Waals surface area (Å²) in [4.78, 5) is 16.9. The Morgan fingerprint density at radius 3 is 2.54 bits per heavy atom. The van der Waals surface area contributed by atoms with E-state index in [0.29, 0.717) is 24.5 Å². The molecule has 1 aliphatic rings. The summed E-state index contributed by atoms with van der Waals surface area (Å²) in [5.41, 5.74) is 9.13. The molecule has 1 aromatic heterocycles. The van der Waals surface area contributed by atoms with Crippen molar-refractivity contribution in [1.29, 1.82) is 0 Å². The second-order valence-electron chi connectivity index (χ2n) is 7.00. The first kappa shape index (κ1) is 18.7. The van der Waals surface area contributed by atoms with Crippen LogP contribution in [0.5, 0.6) is 0 Å². The Balaban J connectivity index is 1.39. The number of nitrogens with zero attached hydrogens (tertiary/aromatic N) is 4. The maximum absolute atomic E-state index is 12.8. The van der Waals surface area contributed by atoms with E-state index in [9.17, 15) is 4.79 Å². The predicted molar refractivity (Wildman–Crippen MR) is 111 cm³/mol. The number of benzene rings is 2. The summed E-state index contributed by atoms with van der Waals surface area (Å²) in [5.74, 6) is -0.00712. The van der Waals surface area contributed by atoms with Gasteiger partial charge in [-0.1, -0.05) is 41.9 Å². The molecule has 1 amide bonds. The summed E-state index contributed by atoms with van der Waals surface area (Å²) in [6.07, 6.45) is 2.31. The Morgan fingerprint density at radius 2 is 1.79 bits per heavy atom. The molecule has 3 aromatic rings. The third-order valence-corrected chi connectivity index (χ3v) is 5.40. The summed E-state index contributed by atoms with van der Waals surface area (Å²) in [6, 6.07) is 14.9. The van der Waals surface area contributed by atoms with Crippen LogP contribution in [0.25, 0.3) is 10.9 Å². The van der Waals surface area contributed by atoms with Gasteiger partial charge in [-0.05, 0) is 30.2 Å². The monoisotopic (exact) mass is 395 g/mol. The van der Waals surface area contributed by atoms with Crippen molar-refractivity contribution < 1.29 is 4.79 Å². The zero-order valence-electron chi connectivity index (χ0n) is 15.5. The molecule has 2 aromatic carbocycles. The molecule has 7 heteroatoms. The summed E-state index contributed by atoms with van der Waals surface area (Å²) < 4.78 is 0. The number of rotatable bonds is 4. The van der Waals surface area contributed by atoms with Gasteiger partial charge in [0.05, 0.1) is 23.4 Å². The minimum atomic E-state index is -0.545. The first-order valence-corrected chi connectivity index (χ1v) is 9.74. The van der Waals surface area contributed by atoms with E-state index >= 15 is 0 Å². The fraction of sp³-hybridized carbons (Fsp3) is 0.286. The summed E-state index contributed by atoms with van der Waals surface area (Å²) in [5, 5.41) is 10.1. The van der Waals surface area contributed by atoms with Gasteiger partial charge >= 0.3 is 0 Å². The SMILES string of the molecule is N[C@H](Cc1ccc(Cl)cc1)C(=O)N1CCN(c2cnnc3ccccc23)CC1. The van der Waals surface area contributed by atoms with Crippen molar-refractivity contribution in [3.8, 4) is 0 Å². The van der Waals surface area contributed by atoms with E-state index in [-0.39, 0.29) is 5.91 Å². The number of hydrogen-bond donors (Lipinski definition) is 1. The second-order valence-corrected chi connectivity index (χ2v) is 7.43. The molecule has 1 fully saturated rings. The minimum absolute atomic E-state index is 0.00712. The molecule has 0 saturated carbocycles. The van der Waals surface area contributed by atoms with Gasteiger partial charge in [0, 0.05) is 36.6 Å². The van der Waals surface area contributed by atoms with Crippen LogP contribution in [0.15, 0.2) is 54.7 Å². The summed E-state index contributed by atoms with van der Waals surface area (Å²) >= 11 is 5.91. The molecule has 0 spiro atoms. The highest BCUT2D eigenvalue weighted by Gasteiger charge is 2.26. The summed E-state index contributed by atoms with van der Waals surface area (Å²) in [7, 11) is 0. The van der Waals surface area contributed by atoms with Crippen LogP contribution < -0.4 is 10.6 Å². The highest BCUT2D eigenvalue weighted by molar-refractivity contribution is 6.30. The van der Waals surface area contributed by atoms with Crippen molar-refractivity contribution in [1.82, 2.24) is 15.1 Å². The van der Waals surface area contributed by atoms with Crippen LogP contribution in [-0.2, 0) is 11.2 Å². The number of aromatic nitrogens is 2. The van der Waals surface area contributed by atoms with Gasteiger partial charge < -0.3 is 15.5 Å². The van der Waals surface area contributed by atoms with Gasteiger partial charge in [-0.15, -0.1) is 0 Å². The lowest BCUT2D eigenvalue weighted by molar-refractivity contribution is -0.132. The molecule has 1 atom stereocenters. The highest BCUT2D eigenvalue weighted by atomic mass is 35.5. The Hall–Kier alpha value is -2.70. The van der Waals surface area contributed by atoms with Gasteiger partial charge in [-0.25, -0.2) is 0 Å². The van der Waals surface area contributed by atoms with Gasteiger partial charge in [0.15, 0.2) is 0 Å². The predicted octanol–water partition coefficient (Wildman–Crippen LogP) is 2.50. The van der Waals surface area contributed by atoms with E-state index in [1.807, 2.05) is 47.4 Å². The molecule has 0 bridgehead atoms. The van der Waals surface area contributed by atoms with Crippen LogP contribution in [0.1, 0.15) is 5.56 Å². The molecule has 1 saturated heterocycles. The third-order valence-electron chi connectivity index (χ3n) is 5.14. The fourth-order valence-corrected chi connectivity index (χ4v) is 3.73. The largest absolute Gasteiger partial charge is 0.366 e. The molecule has 2 heterocycles. The number of piperazine rings is 1. The smallest absolute Gasteiger partial charge is 0.239 e. The average molecular weight is 396 g/mol. The molecule has 0 radical (unpaired) electrons. The average Bonchev–Trinajstić information content (AvgIpc) is 2.74. The molecule has 6 nitrogen and oxygen atoms in total. The van der Waals surface area contributed by atoms with Crippen LogP contribution in [0.4, 0.5) is 5.69 Å². The van der Waals surface area contributed by atoms with Crippen LogP contribution in [0.2, 0.25) is 5.02 Å². The van der Waals surface area contributed by atoms with Crippen LogP contribution in [0.3, 0.4) is 0 Å². The standard InChI is InChI=1S/C21H22ClN5O/c22-16-7-5-15(6-8-16)13-18(23)21(28)27-11-9-26(10-12-27)20-14-24-25-19-4-2-1-3-17(19)20/h1-8,14,18H,9-13,23H2/t18-/m1/s1. The van der Waals surface area contributed by atoms with Gasteiger partial charge in [-0.3, -0.25) is 4.79 Å². The number of hydrogen-bond acceptors (Lipinski definition) is 5. The number of fused-ring (bicyclic) bond motifs is 1. The second kappa shape index (κ2) is 8.12. The molecular formula is C21H22ClN5O. The van der Waals surface area contributed by atoms with E-state index in [4.69, 9.17) is 17.3 Å². The number of amides is 1. The minimum Gasteiger partial charge on any atom is -0.366 e. The van der Waals surface area contributed by atoms with Gasteiger partial charge in [0.1, 0.15) is 0 Å². The lowest BCUT2D eigenvalue weighted by atomic mass is 10.1. The van der Waals surface area contributed by atoms with Crippen LogP contribution in [0, 0.1) is 0 Å². The number of anilines is 1. The Kier molecular flexibility index (Phi) is 5.41. The Labute approximate surface area is 168 Å². The van der Waals surface area contributed by atoms with E-state index in [1.165, 1.54) is 0 Å². The Bertz CT molecular complexity index is 965. The number of carbonyl (C=O) groups is 1. The van der Waals surface area contributed by atoms with E-state index < -0.39 is 6.04 Å². The number of halogens is 1. The lowest BCUT2D eigenvalue weighted by Gasteiger charge is -2.37. The van der Waals surface area contributed by atoms with Crippen LogP contribution in [-0.4, -0.2) is 53.2 Å². The molecule has 0 aliphatic carbocycles. The van der Waals surface area contributed by atoms with Crippen molar-refractivity contribution in [2.24, 2.45) is 5.73 Å². The fourth-order valence-electron chi connectivity index (χ4n) is 3.61. The van der Waals surface area contributed by atoms with E-state index in [2.05, 4.69) is 21.2 Å². The first-order valence-electron chi connectivity index (χ1n) is 9.36. The van der Waals surface area contributed by atoms with Crippen LogP contribution >= 0.6 is 11.6 Å². The van der Waals surface area contributed by atoms with Crippen molar-refractivity contribution in [2.45, 2.75) is 12.5 Å². The van der Waals surface area contributed by atoms with E-state index in [0.717, 1.165) is 35.2 Å². The molecule has 0 unspecified atom stereocenters. The van der Waals surface area contributed by atoms with E-state index in [1.54, 1.807) is 6.20 Å². The topological polar surface area (TPSA) is 75.4 Å². The Morgan fingerprint density at radius 1 is 1.07 bits per heavy atom. The zero-order chi connectivity index (χ0) is 19.5. The van der Waals surface area contributed by atoms with Gasteiger partial charge in [0.25, 0.3) is 0 Å². The third kappa shape index (κ3) is 3.93. The number of carbonyl (C=O) groups excluding carboxylic acids is 1. The molecule has 144 valence electrons. The quantitative estimate of drug-likeness (QED) is 0.734. The van der Waals surface area contributed by atoms with Gasteiger partial charge in [-0.2, -0.15) is 10.2 Å². The van der Waals surface area contributed by atoms with Crippen molar-refractivity contribution in [2.75, 3.05) is 31.1 Å². The maximum atomic E-state index is 12.8. The molecular weight excluding hydrogens is 374 g/mol. The molecule has 4 rings (SSSR count). The zero-order valence-corrected chi connectivity index (χ0v) is 16.2. The molecule has 28 heavy (non-hydrogen) atoms. The molecule has 2 N–H and O–H groups in total. The van der Waals surface area contributed by atoms with Crippen molar-refractivity contribution in [3.63, 3.8) is 0 Å². The summed E-state index contributed by atoms with van der Waals surface area (Å²) in [6.45, 7) is 2.78. The lowest BCUT2D eigenvalue weighted by Crippen LogP contribution is -2.53. The first-order chi connectivity index (χ1) is 13.6. The van der Waals surface area contributed by atoms with Gasteiger partial charge in [0.2, 0.25) is 5.91 Å².